The van der Waals surface area contributed by atoms with E-state index in [0.717, 1.165) is 0 Å². The highest BCUT2D eigenvalue weighted by Crippen LogP contribution is 2.33. The predicted octanol–water partition coefficient (Wildman–Crippen LogP) is 13.7. The molecule has 0 heteroatoms. The first-order chi connectivity index (χ1) is 26.3. The minimum Gasteiger partial charge on any atom is -0.0616 e. The molecule has 0 saturated carbocycles. The Balaban J connectivity index is 1.69. The maximum Gasteiger partial charge on any atom is -0.00143 e. The summed E-state index contributed by atoms with van der Waals surface area (Å²) < 4.78 is 0. The van der Waals surface area contributed by atoms with Crippen molar-refractivity contribution in [3.8, 4) is 0 Å². The van der Waals surface area contributed by atoms with Gasteiger partial charge in [0.1, 0.15) is 0 Å². The summed E-state index contributed by atoms with van der Waals surface area (Å²) in [6.45, 7) is 27.5. The molecule has 0 nitrogen and oxygen atoms in total. The zero-order chi connectivity index (χ0) is 40.2. The van der Waals surface area contributed by atoms with E-state index in [1.54, 1.807) is 0 Å². The van der Waals surface area contributed by atoms with Gasteiger partial charge in [0.05, 0.1) is 0 Å². The highest BCUT2D eigenvalue weighted by atomic mass is 14.3. The molecule has 0 bridgehead atoms. The van der Waals surface area contributed by atoms with E-state index in [0.29, 0.717) is 0 Å². The van der Waals surface area contributed by atoms with Gasteiger partial charge in [0.25, 0.3) is 0 Å². The maximum absolute atomic E-state index is 2.34. The molecule has 0 fully saturated rings. The molecule has 7 rings (SSSR count). The number of rotatable bonds is 4. The van der Waals surface area contributed by atoms with E-state index >= 15 is 0 Å². The zero-order valence-corrected chi connectivity index (χ0v) is 35.9. The topological polar surface area (TPSA) is 0 Å². The summed E-state index contributed by atoms with van der Waals surface area (Å²) in [5, 5.41) is 7.57. The predicted molar refractivity (Wildman–Crippen MR) is 244 cm³/mol. The average molecular weight is 733 g/mol. The Kier molecular flexibility index (Phi) is 10.0. The van der Waals surface area contributed by atoms with Crippen LogP contribution < -0.4 is 10.4 Å². The second-order valence-corrected chi connectivity index (χ2v) is 19.9. The molecule has 0 aromatic heterocycles. The number of benzene rings is 7. The summed E-state index contributed by atoms with van der Waals surface area (Å²) in [6.07, 6.45) is 0. The van der Waals surface area contributed by atoms with E-state index in [9.17, 15) is 0 Å². The van der Waals surface area contributed by atoms with Gasteiger partial charge in [-0.2, -0.15) is 0 Å². The van der Waals surface area contributed by atoms with Crippen LogP contribution in [0.3, 0.4) is 0 Å². The van der Waals surface area contributed by atoms with E-state index in [1.807, 2.05) is 0 Å². The monoisotopic (exact) mass is 732 g/mol. The molecule has 0 heterocycles. The van der Waals surface area contributed by atoms with Crippen molar-refractivity contribution < 1.29 is 0 Å². The van der Waals surface area contributed by atoms with Crippen LogP contribution in [0.25, 0.3) is 32.7 Å². The molecule has 0 amide bonds. The fraction of sp³-hybridized carbons (Fsp3) is 0.286. The van der Waals surface area contributed by atoms with Gasteiger partial charge in [0, 0.05) is 0 Å². The third kappa shape index (κ3) is 7.64. The molecule has 0 spiro atoms. The van der Waals surface area contributed by atoms with Crippen LogP contribution in [-0.2, 0) is 21.7 Å². The molecule has 0 radical (unpaired) electrons. The average Bonchev–Trinajstić information content (AvgIpc) is 3.15. The van der Waals surface area contributed by atoms with E-state index in [2.05, 4.69) is 229 Å². The minimum atomic E-state index is 0.0660. The Morgan fingerprint density at radius 2 is 0.429 bits per heavy atom. The Morgan fingerprint density at radius 3 is 0.589 bits per heavy atom. The molecule has 0 aliphatic rings. The summed E-state index contributed by atoms with van der Waals surface area (Å²) in [4.78, 5) is 0. The molecule has 7 aromatic carbocycles. The van der Waals surface area contributed by atoms with Gasteiger partial charge in [-0.3, -0.25) is 0 Å². The largest absolute Gasteiger partial charge is 0.0616 e. The third-order valence-corrected chi connectivity index (χ3v) is 11.6. The lowest BCUT2D eigenvalue weighted by atomic mass is 9.82. The fourth-order valence-electron chi connectivity index (χ4n) is 8.13. The lowest BCUT2D eigenvalue weighted by Crippen LogP contribution is -2.21. The first kappa shape index (κ1) is 39.1. The molecular weight excluding hydrogens is 673 g/mol. The molecule has 7 aromatic rings. The number of fused-ring (bicyclic) bond motifs is 2. The summed E-state index contributed by atoms with van der Waals surface area (Å²) in [5.74, 6) is 0. The van der Waals surface area contributed by atoms with E-state index < -0.39 is 0 Å². The summed E-state index contributed by atoms with van der Waals surface area (Å²) in [6, 6.07) is 55.6. The van der Waals surface area contributed by atoms with Crippen molar-refractivity contribution in [1.29, 1.82) is 0 Å². The van der Waals surface area contributed by atoms with E-state index in [1.165, 1.54) is 87.6 Å². The van der Waals surface area contributed by atoms with Crippen molar-refractivity contribution in [1.82, 2.24) is 0 Å². The molecule has 0 unspecified atom stereocenters. The number of hydrogen-bond donors (Lipinski definition) is 0. The van der Waals surface area contributed by atoms with Gasteiger partial charge >= 0.3 is 0 Å². The lowest BCUT2D eigenvalue weighted by Gasteiger charge is -2.22. The molecule has 0 atom stereocenters. The van der Waals surface area contributed by atoms with Crippen molar-refractivity contribution in [3.63, 3.8) is 0 Å². The quantitative estimate of drug-likeness (QED) is 0.158. The first-order valence-electron chi connectivity index (χ1n) is 20.4. The van der Waals surface area contributed by atoms with Crippen LogP contribution in [0.4, 0.5) is 0 Å². The SMILES string of the molecule is CC(C)(C)c1ccc(C(c2ccc(C(C)(C)C)cc2)=c2c3ccccc3c(=C(c3ccc(C(C)(C)C)cc3)c3ccc(C(C)(C)C)cc3)c3ccccc23)cc1. The molecule has 0 aliphatic heterocycles. The van der Waals surface area contributed by atoms with Gasteiger partial charge < -0.3 is 0 Å². The summed E-state index contributed by atoms with van der Waals surface area (Å²) >= 11 is 0. The first-order valence-corrected chi connectivity index (χ1v) is 20.4. The van der Waals surface area contributed by atoms with Crippen LogP contribution in [0, 0.1) is 0 Å². The Hall–Kier alpha value is -5.20. The van der Waals surface area contributed by atoms with Crippen LogP contribution in [-0.4, -0.2) is 0 Å². The van der Waals surface area contributed by atoms with Crippen molar-refractivity contribution in [2.24, 2.45) is 0 Å². The smallest absolute Gasteiger partial charge is 0.00143 e. The van der Waals surface area contributed by atoms with Crippen molar-refractivity contribution >= 4 is 32.7 Å². The Bertz CT molecular complexity index is 2270. The molecule has 0 aliphatic carbocycles. The van der Waals surface area contributed by atoms with Gasteiger partial charge in [-0.15, -0.1) is 0 Å². The van der Waals surface area contributed by atoms with Gasteiger partial charge in [-0.05, 0) is 109 Å². The maximum atomic E-state index is 2.34. The van der Waals surface area contributed by atoms with Crippen LogP contribution in [0.2, 0.25) is 0 Å². The fourth-order valence-corrected chi connectivity index (χ4v) is 8.13. The normalized spacial score (nSPS) is 12.6. The van der Waals surface area contributed by atoms with Crippen LogP contribution in [0.5, 0.6) is 0 Å². The van der Waals surface area contributed by atoms with Crippen LogP contribution in [0.15, 0.2) is 146 Å². The molecule has 0 N–H and O–H groups in total. The van der Waals surface area contributed by atoms with Crippen molar-refractivity contribution in [3.05, 3.63) is 201 Å². The van der Waals surface area contributed by atoms with Gasteiger partial charge in [-0.25, -0.2) is 0 Å². The van der Waals surface area contributed by atoms with Crippen LogP contribution >= 0.6 is 0 Å². The molecule has 0 saturated heterocycles. The van der Waals surface area contributed by atoms with Gasteiger partial charge in [0.15, 0.2) is 0 Å². The lowest BCUT2D eigenvalue weighted by molar-refractivity contribution is 0.590. The minimum absolute atomic E-state index is 0.0660. The second-order valence-electron chi connectivity index (χ2n) is 19.9. The molecule has 284 valence electrons. The van der Waals surface area contributed by atoms with Gasteiger partial charge in [0.2, 0.25) is 0 Å². The molecular formula is C56H60. The summed E-state index contributed by atoms with van der Waals surface area (Å²) in [5.41, 5.74) is 13.0. The molecule has 56 heavy (non-hydrogen) atoms. The number of hydrogen-bond acceptors (Lipinski definition) is 0. The highest BCUT2D eigenvalue weighted by Gasteiger charge is 2.21. The van der Waals surface area contributed by atoms with Crippen molar-refractivity contribution in [2.45, 2.75) is 105 Å². The zero-order valence-electron chi connectivity index (χ0n) is 35.9. The Morgan fingerprint density at radius 1 is 0.250 bits per heavy atom. The second kappa shape index (κ2) is 14.4. The van der Waals surface area contributed by atoms with Gasteiger partial charge in [-0.1, -0.05) is 229 Å². The summed E-state index contributed by atoms with van der Waals surface area (Å²) in [7, 11) is 0. The van der Waals surface area contributed by atoms with Crippen molar-refractivity contribution in [2.75, 3.05) is 0 Å². The highest BCUT2D eigenvalue weighted by molar-refractivity contribution is 6.06. The standard InChI is InChI=1S/C56H60/c1-53(2,3)41-29-21-37(22-30-41)49(38-23-31-42(32-24-38)54(4,5)6)51-45-17-13-15-19-47(45)52(48-20-16-14-18-46(48)51)50(39-25-33-43(34-26-39)55(7,8)9)40-27-35-44(36-28-40)56(10,11)12/h13-36H,1-12H3. The van der Waals surface area contributed by atoms with E-state index in [4.69, 9.17) is 0 Å². The van der Waals surface area contributed by atoms with Crippen LogP contribution in [0.1, 0.15) is 128 Å². The third-order valence-electron chi connectivity index (χ3n) is 11.6. The Labute approximate surface area is 336 Å². The van der Waals surface area contributed by atoms with E-state index in [-0.39, 0.29) is 21.7 Å².